The van der Waals surface area contributed by atoms with Gasteiger partial charge in [-0.2, -0.15) is 8.78 Å². The van der Waals surface area contributed by atoms with Crippen LogP contribution in [0.3, 0.4) is 0 Å². The summed E-state index contributed by atoms with van der Waals surface area (Å²) in [4.78, 5) is 24.3. The van der Waals surface area contributed by atoms with Crippen molar-refractivity contribution >= 4 is 11.9 Å². The second kappa shape index (κ2) is 11.7. The molecule has 1 heterocycles. The molecule has 1 amide bonds. The molecule has 1 aliphatic heterocycles. The van der Waals surface area contributed by atoms with Gasteiger partial charge >= 0.3 is 11.9 Å². The number of esters is 1. The molecular formula is C21H31F2NO3. The average Bonchev–Trinajstić information content (AvgIpc) is 2.85. The second-order valence-corrected chi connectivity index (χ2v) is 7.11. The zero-order valence-electron chi connectivity index (χ0n) is 16.6. The van der Waals surface area contributed by atoms with Crippen molar-refractivity contribution in [3.8, 4) is 11.8 Å². The number of rotatable bonds is 11. The highest BCUT2D eigenvalue weighted by molar-refractivity contribution is 5.86. The molecule has 0 saturated carbocycles. The quantitative estimate of drug-likeness (QED) is 0.231. The number of hydrogen-bond acceptors (Lipinski definition) is 3. The Balaban J connectivity index is 2.46. The standard InChI is InChI=1S/C21H31F2NO3/c1-4-5-11-17(2)12-10-13-18-16-21(22,23)20(26)24(18)15-9-7-6-8-14-19(25)27-3/h10,13,17-18H,6-9,11-12,14-16H2,1-3H3/b13-10+. The summed E-state index contributed by atoms with van der Waals surface area (Å²) in [6.45, 7) is 4.18. The molecule has 2 unspecified atom stereocenters. The summed E-state index contributed by atoms with van der Waals surface area (Å²) in [5.74, 6) is 1.63. The summed E-state index contributed by atoms with van der Waals surface area (Å²) in [7, 11) is 1.35. The highest BCUT2D eigenvalue weighted by Crippen LogP contribution is 2.34. The van der Waals surface area contributed by atoms with E-state index in [0.717, 1.165) is 25.7 Å². The van der Waals surface area contributed by atoms with Crippen LogP contribution in [-0.2, 0) is 14.3 Å². The third kappa shape index (κ3) is 8.11. The average molecular weight is 383 g/mol. The van der Waals surface area contributed by atoms with Gasteiger partial charge in [-0.1, -0.05) is 31.9 Å². The topological polar surface area (TPSA) is 46.6 Å². The van der Waals surface area contributed by atoms with E-state index >= 15 is 0 Å². The van der Waals surface area contributed by atoms with E-state index in [1.54, 1.807) is 13.0 Å². The molecule has 6 heteroatoms. The number of nitrogens with zero attached hydrogens (tertiary/aromatic N) is 1. The fraction of sp³-hybridized carbons (Fsp3) is 0.714. The predicted octanol–water partition coefficient (Wildman–Crippen LogP) is 4.34. The van der Waals surface area contributed by atoms with E-state index in [4.69, 9.17) is 0 Å². The van der Waals surface area contributed by atoms with Crippen molar-refractivity contribution < 1.29 is 23.1 Å². The van der Waals surface area contributed by atoms with Crippen LogP contribution < -0.4 is 0 Å². The largest absolute Gasteiger partial charge is 0.469 e. The lowest BCUT2D eigenvalue weighted by molar-refractivity contribution is -0.148. The third-order valence-electron chi connectivity index (χ3n) is 4.72. The normalized spacial score (nSPS) is 19.8. The van der Waals surface area contributed by atoms with Crippen LogP contribution in [0, 0.1) is 17.8 Å². The van der Waals surface area contributed by atoms with Crippen molar-refractivity contribution in [2.24, 2.45) is 5.92 Å². The van der Waals surface area contributed by atoms with E-state index in [0.29, 0.717) is 31.7 Å². The van der Waals surface area contributed by atoms with Gasteiger partial charge in [0.05, 0.1) is 13.2 Å². The SMILES string of the molecule is CC#CCC(C)C/C=C/C1CC(F)(F)C(=O)N1CCCCCCC(=O)OC. The zero-order valence-corrected chi connectivity index (χ0v) is 16.6. The number of amides is 1. The van der Waals surface area contributed by atoms with Gasteiger partial charge in [0.15, 0.2) is 0 Å². The third-order valence-corrected chi connectivity index (χ3v) is 4.72. The first-order valence-electron chi connectivity index (χ1n) is 9.63. The number of unbranched alkanes of at least 4 members (excludes halogenated alkanes) is 3. The highest BCUT2D eigenvalue weighted by atomic mass is 19.3. The van der Waals surface area contributed by atoms with Gasteiger partial charge in [0.1, 0.15) is 0 Å². The number of methoxy groups -OCH3 is 1. The van der Waals surface area contributed by atoms with Gasteiger partial charge in [-0.3, -0.25) is 9.59 Å². The molecule has 0 aromatic carbocycles. The van der Waals surface area contributed by atoms with Crippen LogP contribution in [0.5, 0.6) is 0 Å². The van der Waals surface area contributed by atoms with Gasteiger partial charge in [-0.15, -0.1) is 11.8 Å². The maximum absolute atomic E-state index is 13.9. The van der Waals surface area contributed by atoms with Gasteiger partial charge < -0.3 is 9.64 Å². The summed E-state index contributed by atoms with van der Waals surface area (Å²) in [6, 6.07) is -0.549. The first-order valence-corrected chi connectivity index (χ1v) is 9.63. The maximum Gasteiger partial charge on any atom is 0.327 e. The van der Waals surface area contributed by atoms with Crippen LogP contribution in [0.4, 0.5) is 8.78 Å². The molecule has 1 rings (SSSR count). The van der Waals surface area contributed by atoms with E-state index in [9.17, 15) is 18.4 Å². The summed E-state index contributed by atoms with van der Waals surface area (Å²) in [5.41, 5.74) is 0. The number of alkyl halides is 2. The van der Waals surface area contributed by atoms with Crippen LogP contribution in [0.15, 0.2) is 12.2 Å². The molecule has 0 aromatic heterocycles. The van der Waals surface area contributed by atoms with E-state index < -0.39 is 24.3 Å². The number of likely N-dealkylation sites (tertiary alicyclic amines) is 1. The fourth-order valence-electron chi connectivity index (χ4n) is 3.09. The van der Waals surface area contributed by atoms with Crippen molar-refractivity contribution in [3.05, 3.63) is 12.2 Å². The molecule has 0 spiro atoms. The smallest absolute Gasteiger partial charge is 0.327 e. The molecule has 0 N–H and O–H groups in total. The predicted molar refractivity (Wildman–Crippen MR) is 101 cm³/mol. The van der Waals surface area contributed by atoms with Crippen molar-refractivity contribution in [1.82, 2.24) is 4.90 Å². The molecule has 27 heavy (non-hydrogen) atoms. The molecule has 152 valence electrons. The summed E-state index contributed by atoms with van der Waals surface area (Å²) < 4.78 is 32.3. The van der Waals surface area contributed by atoms with E-state index in [1.807, 2.05) is 6.08 Å². The molecule has 1 aliphatic rings. The first kappa shape index (κ1) is 23.1. The Morgan fingerprint density at radius 3 is 2.74 bits per heavy atom. The lowest BCUT2D eigenvalue weighted by Crippen LogP contribution is -2.36. The molecule has 4 nitrogen and oxygen atoms in total. The molecule has 1 saturated heterocycles. The molecule has 1 fully saturated rings. The van der Waals surface area contributed by atoms with Crippen molar-refractivity contribution in [2.75, 3.05) is 13.7 Å². The Morgan fingerprint density at radius 2 is 2.07 bits per heavy atom. The summed E-state index contributed by atoms with van der Waals surface area (Å²) in [5, 5.41) is 0. The minimum Gasteiger partial charge on any atom is -0.469 e. The van der Waals surface area contributed by atoms with E-state index in [-0.39, 0.29) is 5.97 Å². The highest BCUT2D eigenvalue weighted by Gasteiger charge is 2.52. The van der Waals surface area contributed by atoms with Crippen molar-refractivity contribution in [3.63, 3.8) is 0 Å². The Kier molecular flexibility index (Phi) is 10.1. The van der Waals surface area contributed by atoms with Crippen LogP contribution in [0.2, 0.25) is 0 Å². The van der Waals surface area contributed by atoms with Crippen LogP contribution in [0.1, 0.15) is 65.2 Å². The number of hydrogen-bond donors (Lipinski definition) is 0. The number of halogens is 2. The minimum absolute atomic E-state index is 0.242. The molecule has 0 bridgehead atoms. The van der Waals surface area contributed by atoms with Gasteiger partial charge in [0.25, 0.3) is 5.91 Å². The summed E-state index contributed by atoms with van der Waals surface area (Å²) >= 11 is 0. The molecular weight excluding hydrogens is 352 g/mol. The lowest BCUT2D eigenvalue weighted by Gasteiger charge is -2.21. The number of allylic oxidation sites excluding steroid dienone is 1. The van der Waals surface area contributed by atoms with Gasteiger partial charge in [0, 0.05) is 25.8 Å². The molecule has 2 atom stereocenters. The van der Waals surface area contributed by atoms with Crippen LogP contribution in [0.25, 0.3) is 0 Å². The molecule has 0 aromatic rings. The van der Waals surface area contributed by atoms with E-state index in [1.165, 1.54) is 12.0 Å². The Bertz CT molecular complexity index is 578. The van der Waals surface area contributed by atoms with Gasteiger partial charge in [-0.05, 0) is 32.1 Å². The lowest BCUT2D eigenvalue weighted by atomic mass is 10.0. The monoisotopic (exact) mass is 383 g/mol. The number of ether oxygens (including phenoxy) is 1. The number of carbonyl (C=O) groups is 2. The van der Waals surface area contributed by atoms with Crippen molar-refractivity contribution in [1.29, 1.82) is 0 Å². The fourth-order valence-corrected chi connectivity index (χ4v) is 3.09. The Labute approximate surface area is 161 Å². The van der Waals surface area contributed by atoms with Crippen molar-refractivity contribution in [2.45, 2.75) is 77.2 Å². The van der Waals surface area contributed by atoms with Crippen LogP contribution in [-0.4, -0.2) is 42.4 Å². The minimum atomic E-state index is -3.28. The van der Waals surface area contributed by atoms with E-state index in [2.05, 4.69) is 23.5 Å². The summed E-state index contributed by atoms with van der Waals surface area (Å²) in [6.07, 6.45) is 8.03. The Morgan fingerprint density at radius 1 is 1.37 bits per heavy atom. The Hall–Kier alpha value is -1.90. The van der Waals surface area contributed by atoms with Crippen LogP contribution >= 0.6 is 0 Å². The molecule has 0 aliphatic carbocycles. The van der Waals surface area contributed by atoms with Gasteiger partial charge in [0.2, 0.25) is 0 Å². The molecule has 0 radical (unpaired) electrons. The maximum atomic E-state index is 13.9. The number of carbonyl (C=O) groups excluding carboxylic acids is 2. The first-order chi connectivity index (χ1) is 12.8. The zero-order chi connectivity index (χ0) is 20.3. The second-order valence-electron chi connectivity index (χ2n) is 7.11. The van der Waals surface area contributed by atoms with Gasteiger partial charge in [-0.25, -0.2) is 0 Å².